The molecule has 0 bridgehead atoms. The number of rotatable bonds is 0. The fourth-order valence-electron chi connectivity index (χ4n) is 9.83. The average molecular weight is 473 g/mol. The van der Waals surface area contributed by atoms with Crippen molar-refractivity contribution in [3.05, 3.63) is 23.3 Å². The van der Waals surface area contributed by atoms with Crippen LogP contribution in [0.15, 0.2) is 23.3 Å². The Hall–Kier alpha value is -2.20. The summed E-state index contributed by atoms with van der Waals surface area (Å²) >= 11 is 0. The lowest BCUT2D eigenvalue weighted by molar-refractivity contribution is -0.162. The molecule has 0 aromatic heterocycles. The molecular formula is C31H40N2O2. The minimum Gasteiger partial charge on any atom is -0.295 e. The molecule has 0 saturated heterocycles. The Bertz CT molecular complexity index is 1180. The second kappa shape index (κ2) is 6.97. The van der Waals surface area contributed by atoms with Crippen molar-refractivity contribution < 1.29 is 9.59 Å². The number of Topliss-reactive ketones (excluding diaryl/α,β-unsaturated/α-hetero) is 1. The largest absolute Gasteiger partial charge is 0.295 e. The number of carbonyl (C=O) groups excluding carboxylic acids is 2. The molecule has 1 unspecified atom stereocenters. The van der Waals surface area contributed by atoms with E-state index in [-0.39, 0.29) is 51.1 Å². The number of ketones is 2. The van der Waals surface area contributed by atoms with Crippen LogP contribution in [-0.2, 0) is 9.59 Å². The lowest BCUT2D eigenvalue weighted by atomic mass is 9.34. The Labute approximate surface area is 210 Å². The molecule has 4 nitrogen and oxygen atoms in total. The van der Waals surface area contributed by atoms with Crippen LogP contribution in [0, 0.1) is 72.9 Å². The molecule has 5 rings (SSSR count). The molecule has 0 heterocycles. The number of carbonyl (C=O) groups is 2. The molecule has 3 saturated carbocycles. The molecule has 186 valence electrons. The highest BCUT2D eigenvalue weighted by molar-refractivity contribution is 6.04. The Kier molecular flexibility index (Phi) is 4.88. The van der Waals surface area contributed by atoms with Gasteiger partial charge in [-0.15, -0.1) is 0 Å². The summed E-state index contributed by atoms with van der Waals surface area (Å²) in [5.74, 6) is 0.0887. The van der Waals surface area contributed by atoms with Gasteiger partial charge in [-0.05, 0) is 79.1 Å². The predicted octanol–water partition coefficient (Wildman–Crippen LogP) is 6.73. The Morgan fingerprint density at radius 1 is 0.914 bits per heavy atom. The molecule has 5 aliphatic carbocycles. The van der Waals surface area contributed by atoms with Gasteiger partial charge < -0.3 is 0 Å². The monoisotopic (exact) mass is 472 g/mol. The van der Waals surface area contributed by atoms with Gasteiger partial charge in [0.2, 0.25) is 0 Å². The second-order valence-corrected chi connectivity index (χ2v) is 14.5. The van der Waals surface area contributed by atoms with Gasteiger partial charge >= 0.3 is 0 Å². The maximum atomic E-state index is 14.2. The molecule has 0 radical (unpaired) electrons. The van der Waals surface area contributed by atoms with Crippen molar-refractivity contribution in [2.75, 3.05) is 0 Å². The summed E-state index contributed by atoms with van der Waals surface area (Å²) in [5.41, 5.74) is -0.512. The van der Waals surface area contributed by atoms with Crippen LogP contribution < -0.4 is 0 Å². The van der Waals surface area contributed by atoms with Gasteiger partial charge in [0, 0.05) is 16.7 Å². The molecule has 4 heteroatoms. The van der Waals surface area contributed by atoms with Crippen LogP contribution in [0.1, 0.15) is 93.4 Å². The summed E-state index contributed by atoms with van der Waals surface area (Å²) in [5, 5.41) is 20.2. The zero-order chi connectivity index (χ0) is 25.8. The summed E-state index contributed by atoms with van der Waals surface area (Å²) in [7, 11) is 0. The van der Waals surface area contributed by atoms with Crippen molar-refractivity contribution in [3.63, 3.8) is 0 Å². The molecule has 3 fully saturated rings. The Balaban J connectivity index is 1.70. The van der Waals surface area contributed by atoms with Crippen LogP contribution in [-0.4, -0.2) is 11.6 Å². The topological polar surface area (TPSA) is 81.7 Å². The maximum absolute atomic E-state index is 14.2. The first-order chi connectivity index (χ1) is 16.1. The molecule has 0 spiro atoms. The van der Waals surface area contributed by atoms with E-state index in [1.54, 1.807) is 0 Å². The minimum absolute atomic E-state index is 0.0577. The van der Waals surface area contributed by atoms with Crippen molar-refractivity contribution in [1.82, 2.24) is 0 Å². The number of allylic oxidation sites excluding steroid dienone is 4. The quantitative estimate of drug-likeness (QED) is 0.391. The van der Waals surface area contributed by atoms with Gasteiger partial charge in [0.15, 0.2) is 11.6 Å². The molecule has 7 atom stereocenters. The standard InChI is InChI=1S/C31H40N2O2/c1-26(2)10-12-31(18-33)13-11-30(7)24(20(31)16-26)21(34)14-23-28(5)15-19(17-32)25(35)27(3,4)22(28)8-9-29(23,30)6/h14-15,20,22,24H,8-13,16H2,1-7H3/t20-,22-,24?,28-,29+,30+,31+/m0/s1. The lowest BCUT2D eigenvalue weighted by Crippen LogP contribution is -2.64. The van der Waals surface area contributed by atoms with Gasteiger partial charge in [0.25, 0.3) is 0 Å². The van der Waals surface area contributed by atoms with Gasteiger partial charge in [0.05, 0.1) is 17.1 Å². The molecule has 0 amide bonds. The summed E-state index contributed by atoms with van der Waals surface area (Å²) < 4.78 is 0. The molecule has 35 heavy (non-hydrogen) atoms. The smallest absolute Gasteiger partial charge is 0.178 e. The number of hydrogen-bond acceptors (Lipinski definition) is 4. The third kappa shape index (κ3) is 2.84. The van der Waals surface area contributed by atoms with Gasteiger partial charge in [-0.2, -0.15) is 10.5 Å². The van der Waals surface area contributed by atoms with Crippen molar-refractivity contribution in [1.29, 1.82) is 10.5 Å². The van der Waals surface area contributed by atoms with Gasteiger partial charge in [-0.25, -0.2) is 0 Å². The fourth-order valence-corrected chi connectivity index (χ4v) is 9.83. The first kappa shape index (κ1) is 24.5. The second-order valence-electron chi connectivity index (χ2n) is 14.5. The number of hydrogen-bond donors (Lipinski definition) is 0. The van der Waals surface area contributed by atoms with E-state index in [4.69, 9.17) is 0 Å². The van der Waals surface area contributed by atoms with E-state index in [0.29, 0.717) is 0 Å². The maximum Gasteiger partial charge on any atom is 0.178 e. The lowest BCUT2D eigenvalue weighted by Gasteiger charge is -2.68. The van der Waals surface area contributed by atoms with Crippen LogP contribution in [0.25, 0.3) is 0 Å². The average Bonchev–Trinajstić information content (AvgIpc) is 2.77. The van der Waals surface area contributed by atoms with Crippen LogP contribution in [0.4, 0.5) is 0 Å². The van der Waals surface area contributed by atoms with E-state index in [1.807, 2.05) is 26.0 Å². The highest BCUT2D eigenvalue weighted by Gasteiger charge is 2.69. The molecular weight excluding hydrogens is 432 g/mol. The van der Waals surface area contributed by atoms with Crippen LogP contribution >= 0.6 is 0 Å². The highest BCUT2D eigenvalue weighted by atomic mass is 16.1. The van der Waals surface area contributed by atoms with Crippen LogP contribution in [0.3, 0.4) is 0 Å². The van der Waals surface area contributed by atoms with E-state index in [9.17, 15) is 20.1 Å². The third-order valence-corrected chi connectivity index (χ3v) is 12.1. The predicted molar refractivity (Wildman–Crippen MR) is 135 cm³/mol. The Morgan fingerprint density at radius 2 is 1.57 bits per heavy atom. The fraction of sp³-hybridized carbons (Fsp3) is 0.742. The molecule has 0 aliphatic heterocycles. The third-order valence-electron chi connectivity index (χ3n) is 12.1. The summed E-state index contributed by atoms with van der Waals surface area (Å²) in [6.45, 7) is 15.4. The van der Waals surface area contributed by atoms with E-state index in [0.717, 1.165) is 50.5 Å². The molecule has 0 aromatic rings. The summed E-state index contributed by atoms with van der Waals surface area (Å²) in [4.78, 5) is 27.4. The van der Waals surface area contributed by atoms with Crippen molar-refractivity contribution in [2.24, 2.45) is 50.2 Å². The van der Waals surface area contributed by atoms with E-state index < -0.39 is 16.2 Å². The number of fused-ring (bicyclic) bond motifs is 7. The first-order valence-electron chi connectivity index (χ1n) is 13.5. The summed E-state index contributed by atoms with van der Waals surface area (Å²) in [6, 6.07) is 4.91. The van der Waals surface area contributed by atoms with Gasteiger partial charge in [-0.3, -0.25) is 9.59 Å². The molecule has 0 N–H and O–H groups in total. The van der Waals surface area contributed by atoms with Crippen molar-refractivity contribution in [3.8, 4) is 12.1 Å². The van der Waals surface area contributed by atoms with Crippen molar-refractivity contribution >= 4 is 11.6 Å². The van der Waals surface area contributed by atoms with Crippen molar-refractivity contribution in [2.45, 2.75) is 93.4 Å². The van der Waals surface area contributed by atoms with E-state index in [1.165, 1.54) is 0 Å². The summed E-state index contributed by atoms with van der Waals surface area (Å²) in [6.07, 6.45) is 10.2. The molecule has 0 aromatic carbocycles. The van der Waals surface area contributed by atoms with Gasteiger partial charge in [-0.1, -0.05) is 60.1 Å². The highest BCUT2D eigenvalue weighted by Crippen LogP contribution is 2.74. The SMILES string of the molecule is CC1(C)CC[C@]2(C#N)CC[C@]3(C)C(C(=O)C=C4[C@@]5(C)C=C(C#N)C(=O)C(C)(C)[C@@H]5CC[C@]43C)[C@@H]2C1. The van der Waals surface area contributed by atoms with E-state index in [2.05, 4.69) is 46.8 Å². The molecule has 5 aliphatic rings. The normalized spacial score (nSPS) is 47.5. The minimum atomic E-state index is -0.645. The zero-order valence-corrected chi connectivity index (χ0v) is 22.5. The van der Waals surface area contributed by atoms with Crippen LogP contribution in [0.2, 0.25) is 0 Å². The number of nitriles is 2. The zero-order valence-electron chi connectivity index (χ0n) is 22.5. The number of nitrogens with zero attached hydrogens (tertiary/aromatic N) is 2. The Morgan fingerprint density at radius 3 is 2.20 bits per heavy atom. The van der Waals surface area contributed by atoms with Gasteiger partial charge in [0.1, 0.15) is 6.07 Å². The first-order valence-corrected chi connectivity index (χ1v) is 13.5. The van der Waals surface area contributed by atoms with Crippen LogP contribution in [0.5, 0.6) is 0 Å². The van der Waals surface area contributed by atoms with E-state index >= 15 is 0 Å².